The topological polar surface area (TPSA) is 63.7 Å². The zero-order valence-corrected chi connectivity index (χ0v) is 21.7. The number of sulfonamides is 1. The Hall–Kier alpha value is -3.12. The summed E-state index contributed by atoms with van der Waals surface area (Å²) in [7, 11) is -4.05. The Kier molecular flexibility index (Phi) is 9.49. The van der Waals surface area contributed by atoms with Crippen LogP contribution in [0, 0.1) is 6.92 Å². The van der Waals surface area contributed by atoms with Gasteiger partial charge >= 0.3 is 0 Å². The summed E-state index contributed by atoms with van der Waals surface area (Å²) in [6.45, 7) is 6.44. The van der Waals surface area contributed by atoms with Crippen molar-refractivity contribution in [3.8, 4) is 5.75 Å². The summed E-state index contributed by atoms with van der Waals surface area (Å²) in [6.07, 6.45) is 4.48. The highest BCUT2D eigenvalue weighted by Gasteiger charge is 2.30. The van der Waals surface area contributed by atoms with Gasteiger partial charge in [-0.2, -0.15) is 0 Å². The predicted octanol–water partition coefficient (Wildman–Crippen LogP) is 6.48. The summed E-state index contributed by atoms with van der Waals surface area (Å²) in [5.41, 5.74) is 3.65. The lowest BCUT2D eigenvalue weighted by atomic mass is 10.1. The van der Waals surface area contributed by atoms with Crippen LogP contribution in [0.25, 0.3) is 0 Å². The lowest BCUT2D eigenvalue weighted by molar-refractivity contribution is -0.117. The molecule has 0 fully saturated rings. The van der Waals surface area contributed by atoms with Gasteiger partial charge in [0.15, 0.2) is 0 Å². The molecule has 186 valence electrons. The highest BCUT2D eigenvalue weighted by atomic mass is 32.2. The van der Waals surface area contributed by atoms with Crippen LogP contribution in [0.5, 0.6) is 5.75 Å². The SMILES string of the molecule is CCCCc1ccc(N(C(=O)CCCOc2ccc(CC)cc2)S(=O)(=O)c2ccc(C)cc2)cc1. The van der Waals surface area contributed by atoms with Gasteiger partial charge in [0.25, 0.3) is 10.0 Å². The Morgan fingerprint density at radius 1 is 0.829 bits per heavy atom. The van der Waals surface area contributed by atoms with E-state index in [1.807, 2.05) is 43.3 Å². The number of amides is 1. The van der Waals surface area contributed by atoms with Crippen LogP contribution in [0.15, 0.2) is 77.7 Å². The van der Waals surface area contributed by atoms with Crippen molar-refractivity contribution >= 4 is 21.6 Å². The van der Waals surface area contributed by atoms with E-state index in [1.54, 1.807) is 36.4 Å². The van der Waals surface area contributed by atoms with Gasteiger partial charge in [0, 0.05) is 6.42 Å². The van der Waals surface area contributed by atoms with Crippen LogP contribution in [0.3, 0.4) is 0 Å². The van der Waals surface area contributed by atoms with Gasteiger partial charge in [-0.1, -0.05) is 62.2 Å². The van der Waals surface area contributed by atoms with Crippen molar-refractivity contribution in [2.75, 3.05) is 10.9 Å². The number of aryl methyl sites for hydroxylation is 3. The summed E-state index contributed by atoms with van der Waals surface area (Å²) in [6, 6.07) is 21.7. The highest BCUT2D eigenvalue weighted by Crippen LogP contribution is 2.26. The maximum atomic E-state index is 13.5. The second-order valence-electron chi connectivity index (χ2n) is 8.70. The Morgan fingerprint density at radius 3 is 2.06 bits per heavy atom. The molecule has 0 unspecified atom stereocenters. The largest absolute Gasteiger partial charge is 0.494 e. The van der Waals surface area contributed by atoms with Crippen molar-refractivity contribution in [1.29, 1.82) is 0 Å². The molecule has 0 bridgehead atoms. The Bertz CT molecular complexity index is 1180. The molecule has 0 N–H and O–H groups in total. The van der Waals surface area contributed by atoms with Gasteiger partial charge in [-0.3, -0.25) is 4.79 Å². The number of carbonyl (C=O) groups is 1. The van der Waals surface area contributed by atoms with Crippen molar-refractivity contribution in [3.05, 3.63) is 89.5 Å². The molecule has 6 heteroatoms. The van der Waals surface area contributed by atoms with E-state index in [9.17, 15) is 13.2 Å². The minimum absolute atomic E-state index is 0.0513. The molecule has 3 aromatic carbocycles. The maximum absolute atomic E-state index is 13.5. The fourth-order valence-electron chi connectivity index (χ4n) is 3.75. The number of anilines is 1. The van der Waals surface area contributed by atoms with E-state index in [-0.39, 0.29) is 11.3 Å². The Balaban J connectivity index is 1.76. The van der Waals surface area contributed by atoms with Gasteiger partial charge in [0.1, 0.15) is 5.75 Å². The highest BCUT2D eigenvalue weighted by molar-refractivity contribution is 7.93. The first-order valence-corrected chi connectivity index (χ1v) is 13.7. The van der Waals surface area contributed by atoms with Crippen molar-refractivity contribution in [2.24, 2.45) is 0 Å². The quantitative estimate of drug-likeness (QED) is 0.271. The van der Waals surface area contributed by atoms with Gasteiger partial charge in [0.2, 0.25) is 5.91 Å². The van der Waals surface area contributed by atoms with Gasteiger partial charge in [0.05, 0.1) is 17.2 Å². The van der Waals surface area contributed by atoms with Crippen LogP contribution in [-0.2, 0) is 27.7 Å². The van der Waals surface area contributed by atoms with E-state index in [1.165, 1.54) is 5.56 Å². The standard InChI is InChI=1S/C29H35NO4S/c1-4-6-8-25-12-16-26(17-13-25)30(35(32,33)28-20-10-23(3)11-21-28)29(31)9-7-22-34-27-18-14-24(5-2)15-19-27/h10-21H,4-9,22H2,1-3H3. The molecule has 0 saturated heterocycles. The van der Waals surface area contributed by atoms with Crippen molar-refractivity contribution < 1.29 is 17.9 Å². The first-order chi connectivity index (χ1) is 16.8. The van der Waals surface area contributed by atoms with Crippen LogP contribution in [0.1, 0.15) is 56.2 Å². The van der Waals surface area contributed by atoms with Crippen LogP contribution < -0.4 is 9.04 Å². The molecule has 0 radical (unpaired) electrons. The molecule has 1 amide bonds. The van der Waals surface area contributed by atoms with Crippen LogP contribution >= 0.6 is 0 Å². The first-order valence-electron chi connectivity index (χ1n) is 12.3. The molecule has 0 aliphatic carbocycles. The predicted molar refractivity (Wildman–Crippen MR) is 141 cm³/mol. The fourth-order valence-corrected chi connectivity index (χ4v) is 5.20. The number of hydrogen-bond donors (Lipinski definition) is 0. The number of rotatable bonds is 12. The van der Waals surface area contributed by atoms with E-state index in [0.717, 1.165) is 46.9 Å². The molecule has 5 nitrogen and oxygen atoms in total. The summed E-state index contributed by atoms with van der Waals surface area (Å²) in [5, 5.41) is 0. The van der Waals surface area contributed by atoms with Gasteiger partial charge < -0.3 is 4.74 Å². The number of hydrogen-bond acceptors (Lipinski definition) is 4. The van der Waals surface area contributed by atoms with Gasteiger partial charge in [-0.25, -0.2) is 12.7 Å². The third kappa shape index (κ3) is 7.18. The van der Waals surface area contributed by atoms with Crippen LogP contribution in [0.4, 0.5) is 5.69 Å². The Labute approximate surface area is 209 Å². The molecule has 0 aliphatic rings. The molecule has 0 heterocycles. The number of ether oxygens (including phenoxy) is 1. The third-order valence-electron chi connectivity index (χ3n) is 5.91. The van der Waals surface area contributed by atoms with E-state index < -0.39 is 15.9 Å². The smallest absolute Gasteiger partial charge is 0.270 e. The molecule has 3 aromatic rings. The van der Waals surface area contributed by atoms with Crippen LogP contribution in [-0.4, -0.2) is 20.9 Å². The summed E-state index contributed by atoms with van der Waals surface area (Å²) >= 11 is 0. The maximum Gasteiger partial charge on any atom is 0.270 e. The molecule has 0 aliphatic heterocycles. The summed E-state index contributed by atoms with van der Waals surface area (Å²) < 4.78 is 33.8. The second kappa shape index (κ2) is 12.5. The zero-order chi connectivity index (χ0) is 25.3. The molecule has 0 spiro atoms. The minimum atomic E-state index is -4.05. The summed E-state index contributed by atoms with van der Waals surface area (Å²) in [5.74, 6) is 0.262. The van der Waals surface area contributed by atoms with Crippen molar-refractivity contribution in [3.63, 3.8) is 0 Å². The Morgan fingerprint density at radius 2 is 1.46 bits per heavy atom. The van der Waals surface area contributed by atoms with Crippen molar-refractivity contribution in [2.45, 2.75) is 64.2 Å². The third-order valence-corrected chi connectivity index (χ3v) is 7.67. The van der Waals surface area contributed by atoms with E-state index in [0.29, 0.717) is 18.7 Å². The molecule has 3 rings (SSSR count). The number of unbranched alkanes of at least 4 members (excludes halogenated alkanes) is 1. The first kappa shape index (κ1) is 26.5. The molecule has 0 atom stereocenters. The number of nitrogens with zero attached hydrogens (tertiary/aromatic N) is 1. The van der Waals surface area contributed by atoms with E-state index >= 15 is 0 Å². The number of benzene rings is 3. The lowest BCUT2D eigenvalue weighted by Gasteiger charge is -2.23. The van der Waals surface area contributed by atoms with Gasteiger partial charge in [-0.15, -0.1) is 0 Å². The summed E-state index contributed by atoms with van der Waals surface area (Å²) in [4.78, 5) is 13.4. The zero-order valence-electron chi connectivity index (χ0n) is 20.9. The van der Waals surface area contributed by atoms with Gasteiger partial charge in [-0.05, 0) is 80.1 Å². The van der Waals surface area contributed by atoms with Crippen LogP contribution in [0.2, 0.25) is 0 Å². The average molecular weight is 494 g/mol. The molecular weight excluding hydrogens is 458 g/mol. The second-order valence-corrected chi connectivity index (χ2v) is 10.5. The molecule has 0 aromatic heterocycles. The molecular formula is C29H35NO4S. The lowest BCUT2D eigenvalue weighted by Crippen LogP contribution is -2.37. The van der Waals surface area contributed by atoms with Crippen molar-refractivity contribution in [1.82, 2.24) is 0 Å². The normalized spacial score (nSPS) is 11.3. The van der Waals surface area contributed by atoms with E-state index in [2.05, 4.69) is 13.8 Å². The molecule has 35 heavy (non-hydrogen) atoms. The average Bonchev–Trinajstić information content (AvgIpc) is 2.87. The molecule has 0 saturated carbocycles. The minimum Gasteiger partial charge on any atom is -0.494 e. The monoisotopic (exact) mass is 493 g/mol. The number of carbonyl (C=O) groups excluding carboxylic acids is 1. The fraction of sp³-hybridized carbons (Fsp3) is 0.345. The van der Waals surface area contributed by atoms with E-state index in [4.69, 9.17) is 4.74 Å².